The Labute approximate surface area is 146 Å². The molecule has 4 N–H and O–H groups in total. The van der Waals surface area contributed by atoms with Crippen molar-refractivity contribution in [3.63, 3.8) is 0 Å². The molecule has 1 heterocycles. The van der Waals surface area contributed by atoms with Gasteiger partial charge in [0, 0.05) is 21.9 Å². The van der Waals surface area contributed by atoms with Gasteiger partial charge >= 0.3 is 0 Å². The van der Waals surface area contributed by atoms with Gasteiger partial charge < -0.3 is 15.9 Å². The standard InChI is InChI=1S/C19H13F2NO2S/c20-18-11(3-4-16(24)19(18)21)13-5-9-1-2-10(23)6-12(9)17(13)14-7-25-8-15(14)22/h1-4,6-8,23-24H,5,22H2. The quantitative estimate of drug-likeness (QED) is 0.631. The molecule has 6 heteroatoms. The van der Waals surface area contributed by atoms with Crippen molar-refractivity contribution in [2.24, 2.45) is 0 Å². The summed E-state index contributed by atoms with van der Waals surface area (Å²) in [5.74, 6) is -3.02. The van der Waals surface area contributed by atoms with Gasteiger partial charge in [-0.15, -0.1) is 11.3 Å². The van der Waals surface area contributed by atoms with Crippen LogP contribution < -0.4 is 5.73 Å². The molecule has 1 aromatic heterocycles. The third-order valence-electron chi connectivity index (χ3n) is 4.38. The van der Waals surface area contributed by atoms with Crippen molar-refractivity contribution in [3.05, 3.63) is 75.0 Å². The molecule has 0 aliphatic heterocycles. The van der Waals surface area contributed by atoms with E-state index in [1.54, 1.807) is 23.6 Å². The Morgan fingerprint density at radius 2 is 1.72 bits per heavy atom. The summed E-state index contributed by atoms with van der Waals surface area (Å²) in [6.07, 6.45) is 0.376. The van der Waals surface area contributed by atoms with Crippen molar-refractivity contribution >= 4 is 28.2 Å². The Hall–Kier alpha value is -2.86. The summed E-state index contributed by atoms with van der Waals surface area (Å²) < 4.78 is 28.4. The van der Waals surface area contributed by atoms with Gasteiger partial charge in [-0.2, -0.15) is 4.39 Å². The van der Waals surface area contributed by atoms with Gasteiger partial charge in [0.1, 0.15) is 5.75 Å². The number of nitrogens with two attached hydrogens (primary N) is 1. The van der Waals surface area contributed by atoms with E-state index in [4.69, 9.17) is 5.73 Å². The van der Waals surface area contributed by atoms with Crippen LogP contribution in [0.1, 0.15) is 22.3 Å². The molecule has 0 spiro atoms. The highest BCUT2D eigenvalue weighted by molar-refractivity contribution is 7.08. The number of nitrogen functional groups attached to an aromatic ring is 1. The lowest BCUT2D eigenvalue weighted by molar-refractivity contribution is 0.406. The van der Waals surface area contributed by atoms with Gasteiger partial charge in [0.2, 0.25) is 5.82 Å². The van der Waals surface area contributed by atoms with Crippen molar-refractivity contribution in [2.75, 3.05) is 5.73 Å². The summed E-state index contributed by atoms with van der Waals surface area (Å²) >= 11 is 1.41. The molecule has 0 saturated heterocycles. The Bertz CT molecular complexity index is 1040. The molecule has 0 fully saturated rings. The van der Waals surface area contributed by atoms with Gasteiger partial charge in [0.05, 0.1) is 5.69 Å². The molecule has 0 amide bonds. The van der Waals surface area contributed by atoms with E-state index in [9.17, 15) is 19.0 Å². The normalized spacial score (nSPS) is 13.4. The van der Waals surface area contributed by atoms with Crippen LogP contribution in [0.25, 0.3) is 11.1 Å². The van der Waals surface area contributed by atoms with Gasteiger partial charge in [0.15, 0.2) is 11.6 Å². The van der Waals surface area contributed by atoms with Crippen molar-refractivity contribution in [2.45, 2.75) is 6.42 Å². The number of thiophene rings is 1. The molecule has 0 radical (unpaired) electrons. The summed E-state index contributed by atoms with van der Waals surface area (Å²) in [7, 11) is 0. The molecular weight excluding hydrogens is 344 g/mol. The van der Waals surface area contributed by atoms with E-state index in [0.717, 1.165) is 22.8 Å². The maximum absolute atomic E-state index is 14.5. The first-order valence-corrected chi connectivity index (χ1v) is 8.46. The number of rotatable bonds is 2. The second kappa shape index (κ2) is 5.60. The number of allylic oxidation sites excluding steroid dienone is 1. The third kappa shape index (κ3) is 2.37. The molecule has 4 rings (SSSR count). The largest absolute Gasteiger partial charge is 0.508 e. The fraction of sp³-hybridized carbons (Fsp3) is 0.0526. The molecule has 1 aliphatic carbocycles. The highest BCUT2D eigenvalue weighted by Gasteiger charge is 2.28. The first-order valence-electron chi connectivity index (χ1n) is 7.52. The number of anilines is 1. The molecule has 0 unspecified atom stereocenters. The van der Waals surface area contributed by atoms with Crippen LogP contribution in [0.4, 0.5) is 14.5 Å². The second-order valence-corrected chi connectivity index (χ2v) is 6.62. The van der Waals surface area contributed by atoms with Crippen LogP contribution in [-0.2, 0) is 6.42 Å². The van der Waals surface area contributed by atoms with Crippen LogP contribution in [0.2, 0.25) is 0 Å². The summed E-state index contributed by atoms with van der Waals surface area (Å²) in [4.78, 5) is 0. The minimum absolute atomic E-state index is 0.0755. The summed E-state index contributed by atoms with van der Waals surface area (Å²) in [5.41, 5.74) is 10.3. The van der Waals surface area contributed by atoms with Crippen molar-refractivity contribution in [1.82, 2.24) is 0 Å². The summed E-state index contributed by atoms with van der Waals surface area (Å²) in [6, 6.07) is 7.41. The van der Waals surface area contributed by atoms with Crippen LogP contribution in [0.5, 0.6) is 11.5 Å². The molecule has 3 aromatic rings. The van der Waals surface area contributed by atoms with Crippen LogP contribution in [0, 0.1) is 11.6 Å². The fourth-order valence-electron chi connectivity index (χ4n) is 3.21. The van der Waals surface area contributed by atoms with Gasteiger partial charge in [-0.3, -0.25) is 0 Å². The number of aromatic hydroxyl groups is 2. The van der Waals surface area contributed by atoms with Crippen molar-refractivity contribution in [3.8, 4) is 11.5 Å². The second-order valence-electron chi connectivity index (χ2n) is 5.87. The van der Waals surface area contributed by atoms with E-state index in [1.807, 2.05) is 5.38 Å². The lowest BCUT2D eigenvalue weighted by Crippen LogP contribution is -1.97. The molecule has 0 saturated carbocycles. The van der Waals surface area contributed by atoms with Crippen molar-refractivity contribution in [1.29, 1.82) is 0 Å². The van der Waals surface area contributed by atoms with Crippen LogP contribution in [-0.4, -0.2) is 10.2 Å². The smallest absolute Gasteiger partial charge is 0.200 e. The SMILES string of the molecule is Nc1cscc1C1=C(c2ccc(O)c(F)c2F)Cc2ccc(O)cc21. The molecule has 0 atom stereocenters. The minimum atomic E-state index is -1.28. The number of fused-ring (bicyclic) bond motifs is 1. The number of benzene rings is 2. The number of hydrogen-bond donors (Lipinski definition) is 3. The van der Waals surface area contributed by atoms with Gasteiger partial charge in [-0.1, -0.05) is 6.07 Å². The average Bonchev–Trinajstić information content (AvgIpc) is 3.15. The Morgan fingerprint density at radius 3 is 2.44 bits per heavy atom. The molecule has 1 aliphatic rings. The Morgan fingerprint density at radius 1 is 0.920 bits per heavy atom. The van der Waals surface area contributed by atoms with E-state index < -0.39 is 17.4 Å². The summed E-state index contributed by atoms with van der Waals surface area (Å²) in [6.45, 7) is 0. The zero-order valence-electron chi connectivity index (χ0n) is 12.9. The fourth-order valence-corrected chi connectivity index (χ4v) is 3.94. The maximum atomic E-state index is 14.5. The first kappa shape index (κ1) is 15.7. The molecule has 3 nitrogen and oxygen atoms in total. The zero-order chi connectivity index (χ0) is 17.7. The highest BCUT2D eigenvalue weighted by atomic mass is 32.1. The molecule has 2 aromatic carbocycles. The highest BCUT2D eigenvalue weighted by Crippen LogP contribution is 2.46. The van der Waals surface area contributed by atoms with Crippen LogP contribution >= 0.6 is 11.3 Å². The van der Waals surface area contributed by atoms with E-state index in [1.165, 1.54) is 17.4 Å². The Kier molecular flexibility index (Phi) is 3.51. The third-order valence-corrected chi connectivity index (χ3v) is 5.14. The maximum Gasteiger partial charge on any atom is 0.200 e. The van der Waals surface area contributed by atoms with Crippen LogP contribution in [0.3, 0.4) is 0 Å². The van der Waals surface area contributed by atoms with E-state index in [0.29, 0.717) is 23.3 Å². The lowest BCUT2D eigenvalue weighted by atomic mass is 9.95. The predicted octanol–water partition coefficient (Wildman–Crippen LogP) is 4.53. The zero-order valence-corrected chi connectivity index (χ0v) is 13.7. The van der Waals surface area contributed by atoms with E-state index in [-0.39, 0.29) is 11.3 Å². The van der Waals surface area contributed by atoms with Crippen LogP contribution in [0.15, 0.2) is 41.1 Å². The average molecular weight is 357 g/mol. The number of phenols is 2. The Balaban J connectivity index is 2.03. The predicted molar refractivity (Wildman–Crippen MR) is 94.5 cm³/mol. The van der Waals surface area contributed by atoms with E-state index in [2.05, 4.69) is 0 Å². The number of halogens is 2. The topological polar surface area (TPSA) is 66.5 Å². The molecule has 25 heavy (non-hydrogen) atoms. The molecule has 126 valence electrons. The number of phenolic OH excluding ortho intramolecular Hbond substituents is 2. The summed E-state index contributed by atoms with van der Waals surface area (Å²) in [5, 5.41) is 22.9. The molecular formula is C19H13F2NO2S. The first-order chi connectivity index (χ1) is 12.0. The van der Waals surface area contributed by atoms with E-state index >= 15 is 0 Å². The van der Waals surface area contributed by atoms with Gasteiger partial charge in [-0.25, -0.2) is 4.39 Å². The van der Waals surface area contributed by atoms with Gasteiger partial charge in [-0.05, 0) is 53.0 Å². The lowest BCUT2D eigenvalue weighted by Gasteiger charge is -2.11. The molecule has 0 bridgehead atoms. The number of hydrogen-bond acceptors (Lipinski definition) is 4. The minimum Gasteiger partial charge on any atom is -0.508 e. The monoisotopic (exact) mass is 357 g/mol. The van der Waals surface area contributed by atoms with Crippen molar-refractivity contribution < 1.29 is 19.0 Å². The van der Waals surface area contributed by atoms with Gasteiger partial charge in [0.25, 0.3) is 0 Å².